The summed E-state index contributed by atoms with van der Waals surface area (Å²) in [5, 5.41) is 3.25. The first-order valence-electron chi connectivity index (χ1n) is 4.85. The molecular formula is C11H15F2NS. The molecule has 15 heavy (non-hydrogen) atoms. The van der Waals surface area contributed by atoms with Gasteiger partial charge in [-0.05, 0) is 17.7 Å². The first kappa shape index (κ1) is 12.5. The summed E-state index contributed by atoms with van der Waals surface area (Å²) in [4.78, 5) is 0.619. The lowest BCUT2D eigenvalue weighted by Crippen LogP contribution is -2.21. The molecule has 0 aliphatic rings. The molecule has 4 heteroatoms. The molecule has 84 valence electrons. The summed E-state index contributed by atoms with van der Waals surface area (Å²) in [6.45, 7) is 4.82. The summed E-state index contributed by atoms with van der Waals surface area (Å²) in [5.41, 5.74) is 1.04. The largest absolute Gasteiger partial charge is 0.310 e. The molecular weight excluding hydrogens is 216 g/mol. The van der Waals surface area contributed by atoms with Crippen LogP contribution in [0.15, 0.2) is 29.2 Å². The standard InChI is InChI=1S/C11H15F2NS/c1-8(2)14-7-9-4-3-5-10(6-9)15-11(12)13/h3-6,8,11,14H,7H2,1-2H3. The van der Waals surface area contributed by atoms with E-state index in [0.29, 0.717) is 22.7 Å². The first-order valence-corrected chi connectivity index (χ1v) is 5.73. The van der Waals surface area contributed by atoms with Gasteiger partial charge < -0.3 is 5.32 Å². The van der Waals surface area contributed by atoms with Gasteiger partial charge in [-0.1, -0.05) is 37.7 Å². The fourth-order valence-corrected chi connectivity index (χ4v) is 1.74. The maximum atomic E-state index is 12.1. The molecule has 0 aromatic heterocycles. The fraction of sp³-hybridized carbons (Fsp3) is 0.455. The number of rotatable bonds is 5. The number of benzene rings is 1. The molecule has 0 atom stereocenters. The first-order chi connectivity index (χ1) is 7.08. The van der Waals surface area contributed by atoms with Gasteiger partial charge in [-0.25, -0.2) is 0 Å². The van der Waals surface area contributed by atoms with E-state index < -0.39 is 5.76 Å². The van der Waals surface area contributed by atoms with Gasteiger partial charge >= 0.3 is 0 Å². The highest BCUT2D eigenvalue weighted by molar-refractivity contribution is 7.99. The van der Waals surface area contributed by atoms with E-state index >= 15 is 0 Å². The predicted molar refractivity (Wildman–Crippen MR) is 60.3 cm³/mol. The van der Waals surface area contributed by atoms with Gasteiger partial charge in [0.05, 0.1) is 0 Å². The summed E-state index contributed by atoms with van der Waals surface area (Å²) in [5.74, 6) is -2.35. The zero-order valence-electron chi connectivity index (χ0n) is 8.84. The lowest BCUT2D eigenvalue weighted by Gasteiger charge is -2.09. The highest BCUT2D eigenvalue weighted by Gasteiger charge is 2.05. The molecule has 0 unspecified atom stereocenters. The highest BCUT2D eigenvalue weighted by atomic mass is 32.2. The van der Waals surface area contributed by atoms with Crippen LogP contribution in [-0.4, -0.2) is 11.8 Å². The zero-order valence-corrected chi connectivity index (χ0v) is 9.65. The maximum absolute atomic E-state index is 12.1. The third-order valence-corrected chi connectivity index (χ3v) is 2.54. The molecule has 0 radical (unpaired) electrons. The Kier molecular flexibility index (Phi) is 5.05. The van der Waals surface area contributed by atoms with E-state index in [4.69, 9.17) is 0 Å². The van der Waals surface area contributed by atoms with Crippen molar-refractivity contribution in [2.75, 3.05) is 0 Å². The van der Waals surface area contributed by atoms with Gasteiger partial charge in [0.25, 0.3) is 5.76 Å². The van der Waals surface area contributed by atoms with Crippen molar-refractivity contribution >= 4 is 11.8 Å². The second-order valence-electron chi connectivity index (χ2n) is 3.56. The smallest absolute Gasteiger partial charge is 0.288 e. The van der Waals surface area contributed by atoms with Crippen LogP contribution in [-0.2, 0) is 6.54 Å². The average molecular weight is 231 g/mol. The van der Waals surface area contributed by atoms with Gasteiger partial charge in [-0.3, -0.25) is 0 Å². The summed E-state index contributed by atoms with van der Waals surface area (Å²) >= 11 is 0.586. The second kappa shape index (κ2) is 6.08. The van der Waals surface area contributed by atoms with Crippen LogP contribution in [0.1, 0.15) is 19.4 Å². The molecule has 0 bridgehead atoms. The van der Waals surface area contributed by atoms with E-state index in [9.17, 15) is 8.78 Å². The molecule has 1 aromatic rings. The third-order valence-electron chi connectivity index (χ3n) is 1.84. The van der Waals surface area contributed by atoms with Gasteiger partial charge in [0, 0.05) is 17.5 Å². The fourth-order valence-electron chi connectivity index (χ4n) is 1.15. The minimum absolute atomic E-state index is 0.399. The number of halogens is 2. The Labute approximate surface area is 93.3 Å². The van der Waals surface area contributed by atoms with E-state index in [1.165, 1.54) is 0 Å². The Morgan fingerprint density at radius 1 is 1.33 bits per heavy atom. The summed E-state index contributed by atoms with van der Waals surface area (Å²) < 4.78 is 24.2. The molecule has 0 aliphatic carbocycles. The molecule has 0 amide bonds. The number of hydrogen-bond acceptors (Lipinski definition) is 2. The summed E-state index contributed by atoms with van der Waals surface area (Å²) in [6.07, 6.45) is 0. The van der Waals surface area contributed by atoms with Gasteiger partial charge in [-0.15, -0.1) is 0 Å². The zero-order chi connectivity index (χ0) is 11.3. The van der Waals surface area contributed by atoms with E-state index in [2.05, 4.69) is 19.2 Å². The second-order valence-corrected chi connectivity index (χ2v) is 4.62. The van der Waals surface area contributed by atoms with E-state index in [1.54, 1.807) is 12.1 Å². The monoisotopic (exact) mass is 231 g/mol. The number of alkyl halides is 2. The maximum Gasteiger partial charge on any atom is 0.288 e. The molecule has 1 nitrogen and oxygen atoms in total. The molecule has 1 N–H and O–H groups in total. The van der Waals surface area contributed by atoms with Crippen molar-refractivity contribution in [1.29, 1.82) is 0 Å². The quantitative estimate of drug-likeness (QED) is 0.778. The van der Waals surface area contributed by atoms with E-state index in [1.807, 2.05) is 12.1 Å². The minimum Gasteiger partial charge on any atom is -0.310 e. The lowest BCUT2D eigenvalue weighted by molar-refractivity contribution is 0.252. The Hall–Kier alpha value is -0.610. The highest BCUT2D eigenvalue weighted by Crippen LogP contribution is 2.25. The van der Waals surface area contributed by atoms with Crippen molar-refractivity contribution in [3.05, 3.63) is 29.8 Å². The Morgan fingerprint density at radius 2 is 2.07 bits per heavy atom. The SMILES string of the molecule is CC(C)NCc1cccc(SC(F)F)c1. The van der Waals surface area contributed by atoms with E-state index in [-0.39, 0.29) is 0 Å². The van der Waals surface area contributed by atoms with E-state index in [0.717, 1.165) is 12.1 Å². The van der Waals surface area contributed by atoms with Crippen molar-refractivity contribution in [3.8, 4) is 0 Å². The molecule has 1 rings (SSSR count). The minimum atomic E-state index is -2.35. The van der Waals surface area contributed by atoms with Crippen LogP contribution in [0.5, 0.6) is 0 Å². The lowest BCUT2D eigenvalue weighted by atomic mass is 10.2. The predicted octanol–water partition coefficient (Wildman–Crippen LogP) is 3.50. The average Bonchev–Trinajstić information content (AvgIpc) is 2.14. The van der Waals surface area contributed by atoms with Crippen molar-refractivity contribution in [1.82, 2.24) is 5.32 Å². The summed E-state index contributed by atoms with van der Waals surface area (Å²) in [6, 6.07) is 7.64. The van der Waals surface area contributed by atoms with Crippen LogP contribution in [0.4, 0.5) is 8.78 Å². The van der Waals surface area contributed by atoms with Gasteiger partial charge in [0.2, 0.25) is 0 Å². The van der Waals surface area contributed by atoms with Gasteiger partial charge in [0.15, 0.2) is 0 Å². The van der Waals surface area contributed by atoms with Gasteiger partial charge in [0.1, 0.15) is 0 Å². The molecule has 0 heterocycles. The van der Waals surface area contributed by atoms with Crippen LogP contribution in [0.2, 0.25) is 0 Å². The molecule has 0 saturated carbocycles. The molecule has 0 aliphatic heterocycles. The van der Waals surface area contributed by atoms with Crippen LogP contribution < -0.4 is 5.32 Å². The third kappa shape index (κ3) is 5.14. The Bertz CT molecular complexity index is 302. The number of thioether (sulfide) groups is 1. The molecule has 0 fully saturated rings. The van der Waals surface area contributed by atoms with Crippen LogP contribution in [0.3, 0.4) is 0 Å². The van der Waals surface area contributed by atoms with Gasteiger partial charge in [-0.2, -0.15) is 8.78 Å². The molecule has 0 saturated heterocycles. The Balaban J connectivity index is 2.57. The number of hydrogen-bond donors (Lipinski definition) is 1. The summed E-state index contributed by atoms with van der Waals surface area (Å²) in [7, 11) is 0. The molecule has 0 spiro atoms. The Morgan fingerprint density at radius 3 is 2.67 bits per heavy atom. The number of nitrogens with one attached hydrogen (secondary N) is 1. The van der Waals surface area contributed by atoms with Crippen LogP contribution in [0, 0.1) is 0 Å². The molecule has 1 aromatic carbocycles. The topological polar surface area (TPSA) is 12.0 Å². The van der Waals surface area contributed by atoms with Crippen molar-refractivity contribution in [3.63, 3.8) is 0 Å². The van der Waals surface area contributed by atoms with Crippen LogP contribution >= 0.6 is 11.8 Å². The normalized spacial score (nSPS) is 11.3. The van der Waals surface area contributed by atoms with Crippen molar-refractivity contribution in [2.45, 2.75) is 37.1 Å². The van der Waals surface area contributed by atoms with Crippen molar-refractivity contribution in [2.24, 2.45) is 0 Å². The van der Waals surface area contributed by atoms with Crippen molar-refractivity contribution < 1.29 is 8.78 Å². The van der Waals surface area contributed by atoms with Crippen LogP contribution in [0.25, 0.3) is 0 Å².